The Labute approximate surface area is 144 Å². The lowest BCUT2D eigenvalue weighted by atomic mass is 10.2. The van der Waals surface area contributed by atoms with Gasteiger partial charge in [0.05, 0.1) is 0 Å². The molecule has 0 saturated heterocycles. The number of carbonyl (C=O) groups is 2. The van der Waals surface area contributed by atoms with Gasteiger partial charge >= 0.3 is 0 Å². The molecule has 0 aliphatic heterocycles. The van der Waals surface area contributed by atoms with Crippen molar-refractivity contribution in [3.8, 4) is 11.5 Å². The van der Waals surface area contributed by atoms with Crippen LogP contribution in [0.1, 0.15) is 6.92 Å². The molecule has 3 N–H and O–H groups in total. The van der Waals surface area contributed by atoms with Gasteiger partial charge in [-0.05, 0) is 49.4 Å². The highest BCUT2D eigenvalue weighted by Crippen LogP contribution is 2.19. The fraction of sp³-hybridized carbons (Fsp3) is 0.176. The molecule has 0 radical (unpaired) electrons. The number of benzene rings is 2. The summed E-state index contributed by atoms with van der Waals surface area (Å²) in [7, 11) is 0. The summed E-state index contributed by atoms with van der Waals surface area (Å²) in [6.07, 6.45) is -0.700. The number of hydrogen-bond donors (Lipinski definition) is 2. The number of anilines is 1. The zero-order valence-electron chi connectivity index (χ0n) is 13.0. The number of rotatable bonds is 7. The van der Waals surface area contributed by atoms with E-state index < -0.39 is 12.0 Å². The quantitative estimate of drug-likeness (QED) is 0.804. The molecule has 0 fully saturated rings. The van der Waals surface area contributed by atoms with E-state index in [0.717, 1.165) is 0 Å². The molecule has 7 heteroatoms. The van der Waals surface area contributed by atoms with Crippen molar-refractivity contribution < 1.29 is 19.1 Å². The summed E-state index contributed by atoms with van der Waals surface area (Å²) in [4.78, 5) is 22.8. The molecular formula is C17H17ClN2O4. The molecule has 1 atom stereocenters. The van der Waals surface area contributed by atoms with Crippen LogP contribution in [0.2, 0.25) is 5.02 Å². The van der Waals surface area contributed by atoms with Gasteiger partial charge in [0.1, 0.15) is 11.5 Å². The molecule has 6 nitrogen and oxygen atoms in total. The second-order valence-corrected chi connectivity index (χ2v) is 5.42. The molecule has 1 unspecified atom stereocenters. The third-order valence-corrected chi connectivity index (χ3v) is 3.22. The zero-order valence-corrected chi connectivity index (χ0v) is 13.7. The number of primary amides is 1. The van der Waals surface area contributed by atoms with Crippen molar-refractivity contribution in [1.82, 2.24) is 0 Å². The van der Waals surface area contributed by atoms with Gasteiger partial charge in [-0.25, -0.2) is 0 Å². The van der Waals surface area contributed by atoms with Crippen LogP contribution < -0.4 is 20.5 Å². The average molecular weight is 349 g/mol. The maximum Gasteiger partial charge on any atom is 0.265 e. The topological polar surface area (TPSA) is 90.7 Å². The molecule has 0 bridgehead atoms. The van der Waals surface area contributed by atoms with Gasteiger partial charge in [-0.3, -0.25) is 9.59 Å². The molecule has 0 heterocycles. The Hall–Kier alpha value is -2.73. The standard InChI is InChI=1S/C17H17ClN2O4/c1-11(24-15-4-2-3-12(18)9-15)17(22)20-13-5-7-14(8-6-13)23-10-16(19)21/h2-9,11H,10H2,1H3,(H2,19,21)(H,20,22). The SMILES string of the molecule is CC(Oc1cccc(Cl)c1)C(=O)Nc1ccc(OCC(N)=O)cc1. The highest BCUT2D eigenvalue weighted by Gasteiger charge is 2.15. The Morgan fingerprint density at radius 2 is 1.88 bits per heavy atom. The number of halogens is 1. The summed E-state index contributed by atoms with van der Waals surface area (Å²) in [6.45, 7) is 1.44. The van der Waals surface area contributed by atoms with Crippen LogP contribution in [0.15, 0.2) is 48.5 Å². The summed E-state index contributed by atoms with van der Waals surface area (Å²) < 4.78 is 10.7. The van der Waals surface area contributed by atoms with Crippen LogP contribution in [0.5, 0.6) is 11.5 Å². The predicted molar refractivity (Wildman–Crippen MR) is 91.3 cm³/mol. The van der Waals surface area contributed by atoms with Gasteiger partial charge in [-0.1, -0.05) is 17.7 Å². The Morgan fingerprint density at radius 3 is 2.50 bits per heavy atom. The highest BCUT2D eigenvalue weighted by atomic mass is 35.5. The lowest BCUT2D eigenvalue weighted by Crippen LogP contribution is -2.30. The van der Waals surface area contributed by atoms with Crippen LogP contribution >= 0.6 is 11.6 Å². The van der Waals surface area contributed by atoms with E-state index in [-0.39, 0.29) is 12.5 Å². The van der Waals surface area contributed by atoms with Crippen molar-refractivity contribution in [1.29, 1.82) is 0 Å². The van der Waals surface area contributed by atoms with E-state index in [1.165, 1.54) is 0 Å². The van der Waals surface area contributed by atoms with E-state index in [2.05, 4.69) is 5.32 Å². The Kier molecular flexibility index (Phi) is 6.03. The zero-order chi connectivity index (χ0) is 17.5. The predicted octanol–water partition coefficient (Wildman–Crippen LogP) is 2.61. The van der Waals surface area contributed by atoms with Crippen molar-refractivity contribution in [3.63, 3.8) is 0 Å². The van der Waals surface area contributed by atoms with Crippen LogP contribution in [-0.2, 0) is 9.59 Å². The maximum absolute atomic E-state index is 12.1. The normalized spacial score (nSPS) is 11.4. The molecule has 0 aromatic heterocycles. The number of amides is 2. The Morgan fingerprint density at radius 1 is 1.17 bits per heavy atom. The van der Waals surface area contributed by atoms with Crippen molar-refractivity contribution in [2.24, 2.45) is 5.73 Å². The summed E-state index contributed by atoms with van der Waals surface area (Å²) in [6, 6.07) is 13.4. The molecule has 2 aromatic rings. The molecule has 2 aromatic carbocycles. The molecule has 2 amide bonds. The summed E-state index contributed by atoms with van der Waals surface area (Å²) >= 11 is 5.88. The third-order valence-electron chi connectivity index (χ3n) is 2.98. The van der Waals surface area contributed by atoms with Gasteiger partial charge in [0.25, 0.3) is 11.8 Å². The number of carbonyl (C=O) groups excluding carboxylic acids is 2. The van der Waals surface area contributed by atoms with Crippen molar-refractivity contribution >= 4 is 29.1 Å². The summed E-state index contributed by atoms with van der Waals surface area (Å²) in [5.41, 5.74) is 5.58. The molecule has 0 aliphatic carbocycles. The second-order valence-electron chi connectivity index (χ2n) is 4.99. The van der Waals surface area contributed by atoms with Gasteiger partial charge in [0.15, 0.2) is 12.7 Å². The molecule has 24 heavy (non-hydrogen) atoms. The lowest BCUT2D eigenvalue weighted by molar-refractivity contribution is -0.122. The fourth-order valence-corrected chi connectivity index (χ4v) is 2.01. The van der Waals surface area contributed by atoms with E-state index in [9.17, 15) is 9.59 Å². The van der Waals surface area contributed by atoms with Crippen LogP contribution in [0.4, 0.5) is 5.69 Å². The Balaban J connectivity index is 1.90. The van der Waals surface area contributed by atoms with Crippen molar-refractivity contribution in [2.75, 3.05) is 11.9 Å². The van der Waals surface area contributed by atoms with Crippen molar-refractivity contribution in [2.45, 2.75) is 13.0 Å². The van der Waals surface area contributed by atoms with E-state index >= 15 is 0 Å². The number of nitrogens with two attached hydrogens (primary N) is 1. The minimum atomic E-state index is -0.700. The molecular weight excluding hydrogens is 332 g/mol. The molecule has 126 valence electrons. The third kappa shape index (κ3) is 5.48. The first kappa shape index (κ1) is 17.6. The molecule has 0 saturated carbocycles. The molecule has 0 spiro atoms. The van der Waals surface area contributed by atoms with E-state index in [0.29, 0.717) is 22.2 Å². The molecule has 0 aliphatic rings. The van der Waals surface area contributed by atoms with Crippen LogP contribution in [0.25, 0.3) is 0 Å². The monoisotopic (exact) mass is 348 g/mol. The average Bonchev–Trinajstić information content (AvgIpc) is 2.54. The highest BCUT2D eigenvalue weighted by molar-refractivity contribution is 6.30. The van der Waals surface area contributed by atoms with Crippen LogP contribution in [0.3, 0.4) is 0 Å². The molecule has 2 rings (SSSR count). The van der Waals surface area contributed by atoms with Crippen LogP contribution in [-0.4, -0.2) is 24.5 Å². The van der Waals surface area contributed by atoms with Gasteiger partial charge in [0.2, 0.25) is 0 Å². The van der Waals surface area contributed by atoms with E-state index in [1.54, 1.807) is 55.5 Å². The summed E-state index contributed by atoms with van der Waals surface area (Å²) in [5, 5.41) is 3.26. The number of ether oxygens (including phenoxy) is 2. The maximum atomic E-state index is 12.1. The second kappa shape index (κ2) is 8.21. The smallest absolute Gasteiger partial charge is 0.265 e. The van der Waals surface area contributed by atoms with E-state index in [4.69, 9.17) is 26.8 Å². The summed E-state index contributed by atoms with van der Waals surface area (Å²) in [5.74, 6) is 0.135. The lowest BCUT2D eigenvalue weighted by Gasteiger charge is -2.15. The number of hydrogen-bond acceptors (Lipinski definition) is 4. The van der Waals surface area contributed by atoms with Gasteiger partial charge < -0.3 is 20.5 Å². The minimum absolute atomic E-state index is 0.198. The largest absolute Gasteiger partial charge is 0.484 e. The minimum Gasteiger partial charge on any atom is -0.484 e. The van der Waals surface area contributed by atoms with Gasteiger partial charge in [0, 0.05) is 10.7 Å². The van der Waals surface area contributed by atoms with Crippen molar-refractivity contribution in [3.05, 3.63) is 53.6 Å². The van der Waals surface area contributed by atoms with Crippen LogP contribution in [0, 0.1) is 0 Å². The first-order valence-corrected chi connectivity index (χ1v) is 7.56. The fourth-order valence-electron chi connectivity index (χ4n) is 1.83. The van der Waals surface area contributed by atoms with E-state index in [1.807, 2.05) is 0 Å². The first-order chi connectivity index (χ1) is 11.4. The van der Waals surface area contributed by atoms with Gasteiger partial charge in [-0.15, -0.1) is 0 Å². The number of nitrogens with one attached hydrogen (secondary N) is 1. The van der Waals surface area contributed by atoms with Gasteiger partial charge in [-0.2, -0.15) is 0 Å². The Bertz CT molecular complexity index is 719. The first-order valence-electron chi connectivity index (χ1n) is 7.18.